The molecule has 1 amide bonds. The Balaban J connectivity index is 1.43. The average Bonchev–Trinajstić information content (AvgIpc) is 2.62. The van der Waals surface area contributed by atoms with E-state index in [4.69, 9.17) is 9.47 Å². The topological polar surface area (TPSA) is 67.8 Å². The van der Waals surface area contributed by atoms with Gasteiger partial charge in [-0.15, -0.1) is 0 Å². The summed E-state index contributed by atoms with van der Waals surface area (Å²) < 4.78 is 11.0. The first kappa shape index (κ1) is 16.1. The zero-order chi connectivity index (χ0) is 15.9. The summed E-state index contributed by atoms with van der Waals surface area (Å²) >= 11 is 0. The maximum atomic E-state index is 12.3. The predicted octanol–water partition coefficient (Wildman–Crippen LogP) is 0.426. The lowest BCUT2D eigenvalue weighted by atomic mass is 9.99. The molecule has 3 heterocycles. The molecule has 0 aromatic carbocycles. The fourth-order valence-electron chi connectivity index (χ4n) is 3.10. The Morgan fingerprint density at radius 1 is 1.30 bits per heavy atom. The maximum Gasteiger partial charge on any atom is 0.236 e. The third kappa shape index (κ3) is 4.87. The minimum absolute atomic E-state index is 0.212. The van der Waals surface area contributed by atoms with E-state index >= 15 is 0 Å². The molecular formula is C16H24N4O3. The molecule has 1 atom stereocenters. The van der Waals surface area contributed by atoms with Crippen LogP contribution in [0.4, 0.5) is 0 Å². The Bertz CT molecular complexity index is 493. The molecule has 3 rings (SSSR count). The predicted molar refractivity (Wildman–Crippen MR) is 84.1 cm³/mol. The summed E-state index contributed by atoms with van der Waals surface area (Å²) in [6, 6.07) is 0. The molecule has 0 N–H and O–H groups in total. The molecule has 126 valence electrons. The highest BCUT2D eigenvalue weighted by Crippen LogP contribution is 2.17. The van der Waals surface area contributed by atoms with Crippen LogP contribution in [0.15, 0.2) is 18.6 Å². The molecule has 23 heavy (non-hydrogen) atoms. The van der Waals surface area contributed by atoms with E-state index in [1.54, 1.807) is 18.6 Å². The standard InChI is InChI=1S/C16H24N4O3/c21-16(20-6-8-22-9-7-20)12-19-5-1-2-14(11-19)13-23-15-10-17-3-4-18-15/h3-4,10,14H,1-2,5-9,11-13H2. The molecule has 1 aromatic heterocycles. The van der Waals surface area contributed by atoms with Gasteiger partial charge in [0.2, 0.25) is 11.8 Å². The lowest BCUT2D eigenvalue weighted by molar-refractivity contribution is -0.137. The number of carbonyl (C=O) groups excluding carboxylic acids is 1. The van der Waals surface area contributed by atoms with Crippen molar-refractivity contribution in [2.45, 2.75) is 12.8 Å². The van der Waals surface area contributed by atoms with E-state index in [2.05, 4.69) is 14.9 Å². The molecule has 7 nitrogen and oxygen atoms in total. The van der Waals surface area contributed by atoms with Crippen LogP contribution in [-0.4, -0.2) is 78.2 Å². The number of hydrogen-bond acceptors (Lipinski definition) is 6. The number of ether oxygens (including phenoxy) is 2. The summed E-state index contributed by atoms with van der Waals surface area (Å²) in [4.78, 5) is 24.6. The number of hydrogen-bond donors (Lipinski definition) is 0. The normalized spacial score (nSPS) is 22.8. The molecule has 2 fully saturated rings. The van der Waals surface area contributed by atoms with Crippen molar-refractivity contribution >= 4 is 5.91 Å². The van der Waals surface area contributed by atoms with Crippen molar-refractivity contribution in [3.8, 4) is 5.88 Å². The Hall–Kier alpha value is -1.73. The van der Waals surface area contributed by atoms with E-state index in [0.29, 0.717) is 51.3 Å². The van der Waals surface area contributed by atoms with E-state index < -0.39 is 0 Å². The summed E-state index contributed by atoms with van der Waals surface area (Å²) in [5.41, 5.74) is 0. The largest absolute Gasteiger partial charge is 0.476 e. The van der Waals surface area contributed by atoms with Crippen molar-refractivity contribution in [1.29, 1.82) is 0 Å². The van der Waals surface area contributed by atoms with Crippen LogP contribution in [0.5, 0.6) is 5.88 Å². The SMILES string of the molecule is O=C(CN1CCCC(COc2cnccn2)C1)N1CCOCC1. The quantitative estimate of drug-likeness (QED) is 0.783. The van der Waals surface area contributed by atoms with Gasteiger partial charge in [0.1, 0.15) is 0 Å². The van der Waals surface area contributed by atoms with Crippen LogP contribution in [0.2, 0.25) is 0 Å². The summed E-state index contributed by atoms with van der Waals surface area (Å²) in [5, 5.41) is 0. The average molecular weight is 320 g/mol. The third-order valence-electron chi connectivity index (χ3n) is 4.33. The van der Waals surface area contributed by atoms with Gasteiger partial charge in [-0.1, -0.05) is 0 Å². The van der Waals surface area contributed by atoms with Crippen LogP contribution in [0, 0.1) is 5.92 Å². The zero-order valence-electron chi connectivity index (χ0n) is 13.4. The molecule has 0 bridgehead atoms. The molecule has 2 saturated heterocycles. The van der Waals surface area contributed by atoms with Crippen molar-refractivity contribution in [2.24, 2.45) is 5.92 Å². The zero-order valence-corrected chi connectivity index (χ0v) is 13.4. The Kier molecular flexibility index (Phi) is 5.76. The fourth-order valence-corrected chi connectivity index (χ4v) is 3.10. The lowest BCUT2D eigenvalue weighted by Gasteiger charge is -2.34. The van der Waals surface area contributed by atoms with E-state index in [9.17, 15) is 4.79 Å². The van der Waals surface area contributed by atoms with Gasteiger partial charge in [0.15, 0.2) is 0 Å². The van der Waals surface area contributed by atoms with Crippen molar-refractivity contribution in [1.82, 2.24) is 19.8 Å². The molecule has 0 radical (unpaired) electrons. The number of morpholine rings is 1. The number of aromatic nitrogens is 2. The minimum atomic E-state index is 0.212. The first-order valence-corrected chi connectivity index (χ1v) is 8.28. The number of likely N-dealkylation sites (tertiary alicyclic amines) is 1. The monoisotopic (exact) mass is 320 g/mol. The summed E-state index contributed by atoms with van der Waals surface area (Å²) in [5.74, 6) is 1.21. The van der Waals surface area contributed by atoms with Crippen molar-refractivity contribution < 1.29 is 14.3 Å². The highest BCUT2D eigenvalue weighted by atomic mass is 16.5. The number of piperidine rings is 1. The highest BCUT2D eigenvalue weighted by Gasteiger charge is 2.25. The minimum Gasteiger partial charge on any atom is -0.476 e. The van der Waals surface area contributed by atoms with E-state index in [-0.39, 0.29) is 5.91 Å². The molecule has 0 saturated carbocycles. The molecule has 1 unspecified atom stereocenters. The van der Waals surface area contributed by atoms with Crippen molar-refractivity contribution in [2.75, 3.05) is 52.5 Å². The molecule has 1 aromatic rings. The molecular weight excluding hydrogens is 296 g/mol. The fraction of sp³-hybridized carbons (Fsp3) is 0.688. The maximum absolute atomic E-state index is 12.3. The lowest BCUT2D eigenvalue weighted by Crippen LogP contribution is -2.48. The second kappa shape index (κ2) is 8.21. The van der Waals surface area contributed by atoms with Crippen LogP contribution in [-0.2, 0) is 9.53 Å². The van der Waals surface area contributed by atoms with Crippen LogP contribution in [0.25, 0.3) is 0 Å². The van der Waals surface area contributed by atoms with E-state index in [1.807, 2.05) is 4.90 Å². The van der Waals surface area contributed by atoms with Gasteiger partial charge >= 0.3 is 0 Å². The first-order valence-electron chi connectivity index (χ1n) is 8.28. The Labute approximate surface area is 136 Å². The van der Waals surface area contributed by atoms with Crippen LogP contribution in [0.1, 0.15) is 12.8 Å². The van der Waals surface area contributed by atoms with Crippen LogP contribution >= 0.6 is 0 Å². The summed E-state index contributed by atoms with van der Waals surface area (Å²) in [7, 11) is 0. The summed E-state index contributed by atoms with van der Waals surface area (Å²) in [6.45, 7) is 5.75. The van der Waals surface area contributed by atoms with Gasteiger partial charge in [-0.2, -0.15) is 0 Å². The van der Waals surface area contributed by atoms with Gasteiger partial charge in [0, 0.05) is 37.9 Å². The number of carbonyl (C=O) groups is 1. The third-order valence-corrected chi connectivity index (χ3v) is 4.33. The second-order valence-electron chi connectivity index (χ2n) is 6.09. The second-order valence-corrected chi connectivity index (χ2v) is 6.09. The smallest absolute Gasteiger partial charge is 0.236 e. The van der Waals surface area contributed by atoms with Gasteiger partial charge in [0.05, 0.1) is 32.6 Å². The molecule has 2 aliphatic heterocycles. The highest BCUT2D eigenvalue weighted by molar-refractivity contribution is 5.78. The van der Waals surface area contributed by atoms with Crippen LogP contribution in [0.3, 0.4) is 0 Å². The van der Waals surface area contributed by atoms with Gasteiger partial charge in [0.25, 0.3) is 0 Å². The van der Waals surface area contributed by atoms with Gasteiger partial charge in [-0.3, -0.25) is 14.7 Å². The van der Waals surface area contributed by atoms with Crippen LogP contribution < -0.4 is 4.74 Å². The van der Waals surface area contributed by atoms with E-state index in [0.717, 1.165) is 25.9 Å². The Morgan fingerprint density at radius 3 is 2.96 bits per heavy atom. The number of amides is 1. The van der Waals surface area contributed by atoms with Gasteiger partial charge < -0.3 is 14.4 Å². The van der Waals surface area contributed by atoms with Gasteiger partial charge in [-0.25, -0.2) is 4.98 Å². The molecule has 2 aliphatic rings. The Morgan fingerprint density at radius 2 is 2.17 bits per heavy atom. The van der Waals surface area contributed by atoms with Crippen molar-refractivity contribution in [3.63, 3.8) is 0 Å². The number of rotatable bonds is 5. The number of nitrogens with zero attached hydrogens (tertiary/aromatic N) is 4. The molecule has 7 heteroatoms. The first-order chi connectivity index (χ1) is 11.3. The van der Waals surface area contributed by atoms with Crippen molar-refractivity contribution in [3.05, 3.63) is 18.6 Å². The molecule has 0 aliphatic carbocycles. The summed E-state index contributed by atoms with van der Waals surface area (Å²) in [6.07, 6.45) is 7.12. The molecule has 0 spiro atoms. The van der Waals surface area contributed by atoms with E-state index in [1.165, 1.54) is 0 Å². The van der Waals surface area contributed by atoms with Gasteiger partial charge in [-0.05, 0) is 19.4 Å².